The minimum absolute atomic E-state index is 0.0445. The third-order valence-electron chi connectivity index (χ3n) is 10.6. The standard InChI is InChI=1S/C43H51ClN8O5S/c1-26-27(2)58-43-39(26)40(30-15-17-31(44)18-16-30)48-34(41-51-50-28(3)52(41)43)25-37(55)45-23-11-9-7-5-4-6-8-10-12-35(53)46-32-19-13-29(14-20-32)24-38(56)47-33-21-22-36(54)49-42(33)57/h13-20,33-34H,4-12,21-25H2,1-3H3,(H,45,55)(H,46,53)(H,47,56)(H,49,54,57)/t33?,34-/m0/s1. The van der Waals surface area contributed by atoms with Crippen LogP contribution in [0.2, 0.25) is 5.02 Å². The second-order valence-corrected chi connectivity index (χ2v) is 16.7. The zero-order chi connectivity index (χ0) is 41.2. The zero-order valence-corrected chi connectivity index (χ0v) is 34.9. The van der Waals surface area contributed by atoms with E-state index in [0.717, 1.165) is 90.2 Å². The van der Waals surface area contributed by atoms with Crippen LogP contribution < -0.4 is 21.3 Å². The quantitative estimate of drug-likeness (QED) is 0.0622. The van der Waals surface area contributed by atoms with Crippen LogP contribution in [-0.2, 0) is 30.4 Å². The molecule has 306 valence electrons. The number of nitrogens with one attached hydrogen (secondary N) is 4. The molecule has 1 saturated heterocycles. The largest absolute Gasteiger partial charge is 0.356 e. The number of thiophene rings is 1. The van der Waals surface area contributed by atoms with Crippen molar-refractivity contribution in [2.24, 2.45) is 4.99 Å². The number of imide groups is 1. The zero-order valence-electron chi connectivity index (χ0n) is 33.3. The number of hydrogen-bond acceptors (Lipinski definition) is 9. The molecule has 0 bridgehead atoms. The van der Waals surface area contributed by atoms with Gasteiger partial charge in [-0.1, -0.05) is 74.4 Å². The number of piperidine rings is 1. The van der Waals surface area contributed by atoms with Crippen LogP contribution in [0.3, 0.4) is 0 Å². The Labute approximate surface area is 347 Å². The van der Waals surface area contributed by atoms with E-state index in [1.807, 2.05) is 31.2 Å². The van der Waals surface area contributed by atoms with E-state index in [1.54, 1.807) is 35.6 Å². The van der Waals surface area contributed by atoms with Crippen molar-refractivity contribution in [3.05, 3.63) is 92.3 Å². The molecule has 0 saturated carbocycles. The van der Waals surface area contributed by atoms with E-state index in [1.165, 1.54) is 4.88 Å². The molecule has 0 radical (unpaired) electrons. The van der Waals surface area contributed by atoms with Crippen molar-refractivity contribution >= 4 is 63.9 Å². The average molecular weight is 827 g/mol. The summed E-state index contributed by atoms with van der Waals surface area (Å²) in [4.78, 5) is 67.7. The minimum Gasteiger partial charge on any atom is -0.356 e. The normalized spacial score (nSPS) is 16.1. The smallest absolute Gasteiger partial charge is 0.249 e. The van der Waals surface area contributed by atoms with Crippen molar-refractivity contribution in [1.29, 1.82) is 0 Å². The number of anilines is 1. The number of nitrogens with zero attached hydrogens (tertiary/aromatic N) is 4. The Bertz CT molecular complexity index is 2160. The van der Waals surface area contributed by atoms with Gasteiger partial charge in [0.2, 0.25) is 29.5 Å². The van der Waals surface area contributed by atoms with E-state index in [9.17, 15) is 24.0 Å². The molecule has 58 heavy (non-hydrogen) atoms. The number of benzene rings is 2. The van der Waals surface area contributed by atoms with Gasteiger partial charge in [0.05, 0.1) is 18.6 Å². The third-order valence-corrected chi connectivity index (χ3v) is 12.0. The Morgan fingerprint density at radius 3 is 2.26 bits per heavy atom. The summed E-state index contributed by atoms with van der Waals surface area (Å²) in [6, 6.07) is 13.5. The number of unbranched alkanes of at least 4 members (excludes halogenated alkanes) is 7. The fourth-order valence-corrected chi connectivity index (χ4v) is 8.61. The molecule has 6 rings (SSSR count). The van der Waals surface area contributed by atoms with Crippen LogP contribution in [0.5, 0.6) is 0 Å². The highest BCUT2D eigenvalue weighted by Crippen LogP contribution is 2.39. The summed E-state index contributed by atoms with van der Waals surface area (Å²) in [6.45, 7) is 6.75. The van der Waals surface area contributed by atoms with Crippen molar-refractivity contribution in [2.45, 2.75) is 116 Å². The molecule has 2 aliphatic rings. The monoisotopic (exact) mass is 826 g/mol. The molecule has 4 N–H and O–H groups in total. The lowest BCUT2D eigenvalue weighted by atomic mass is 9.99. The lowest BCUT2D eigenvalue weighted by Gasteiger charge is -2.21. The van der Waals surface area contributed by atoms with Gasteiger partial charge in [0.1, 0.15) is 22.9 Å². The highest BCUT2D eigenvalue weighted by atomic mass is 35.5. The molecule has 4 heterocycles. The molecule has 15 heteroatoms. The third kappa shape index (κ3) is 11.0. The number of aliphatic imine (C=N–C) groups is 1. The average Bonchev–Trinajstić information content (AvgIpc) is 3.67. The molecule has 2 aromatic heterocycles. The second-order valence-electron chi connectivity index (χ2n) is 15.0. The first kappa shape index (κ1) is 42.4. The highest BCUT2D eigenvalue weighted by molar-refractivity contribution is 7.15. The number of aromatic nitrogens is 3. The van der Waals surface area contributed by atoms with Gasteiger partial charge in [0.15, 0.2) is 5.82 Å². The van der Waals surface area contributed by atoms with Gasteiger partial charge in [-0.15, -0.1) is 21.5 Å². The van der Waals surface area contributed by atoms with Crippen LogP contribution in [0.1, 0.15) is 122 Å². The van der Waals surface area contributed by atoms with Gasteiger partial charge in [-0.25, -0.2) is 0 Å². The summed E-state index contributed by atoms with van der Waals surface area (Å²) < 4.78 is 2.06. The summed E-state index contributed by atoms with van der Waals surface area (Å²) in [5.41, 5.74) is 5.38. The van der Waals surface area contributed by atoms with Gasteiger partial charge in [0, 0.05) is 46.1 Å². The maximum Gasteiger partial charge on any atom is 0.249 e. The van der Waals surface area contributed by atoms with E-state index in [0.29, 0.717) is 35.9 Å². The molecule has 2 aromatic carbocycles. The maximum atomic E-state index is 13.3. The molecule has 2 atom stereocenters. The fraction of sp³-hybridized carbons (Fsp3) is 0.442. The van der Waals surface area contributed by atoms with Gasteiger partial charge >= 0.3 is 0 Å². The van der Waals surface area contributed by atoms with E-state index in [2.05, 4.69) is 49.9 Å². The van der Waals surface area contributed by atoms with E-state index >= 15 is 0 Å². The van der Waals surface area contributed by atoms with Crippen LogP contribution in [0, 0.1) is 20.8 Å². The van der Waals surface area contributed by atoms with Gasteiger partial charge in [-0.3, -0.25) is 38.8 Å². The van der Waals surface area contributed by atoms with Crippen molar-refractivity contribution in [3.8, 4) is 5.00 Å². The molecule has 0 aliphatic carbocycles. The summed E-state index contributed by atoms with van der Waals surface area (Å²) >= 11 is 7.91. The number of amides is 5. The molecule has 1 fully saturated rings. The lowest BCUT2D eigenvalue weighted by Crippen LogP contribution is -2.52. The lowest BCUT2D eigenvalue weighted by molar-refractivity contribution is -0.137. The van der Waals surface area contributed by atoms with E-state index in [4.69, 9.17) is 16.6 Å². The van der Waals surface area contributed by atoms with Crippen molar-refractivity contribution in [2.75, 3.05) is 11.9 Å². The predicted octanol–water partition coefficient (Wildman–Crippen LogP) is 6.92. The van der Waals surface area contributed by atoms with Crippen molar-refractivity contribution in [3.63, 3.8) is 0 Å². The summed E-state index contributed by atoms with van der Waals surface area (Å²) in [5.74, 6) is 0.209. The molecule has 1 unspecified atom stereocenters. The second kappa shape index (κ2) is 20.0. The molecule has 2 aliphatic heterocycles. The van der Waals surface area contributed by atoms with Crippen LogP contribution >= 0.6 is 22.9 Å². The summed E-state index contributed by atoms with van der Waals surface area (Å²) in [5, 5.41) is 21.5. The maximum absolute atomic E-state index is 13.3. The molecular weight excluding hydrogens is 776 g/mol. The van der Waals surface area contributed by atoms with Gasteiger partial charge in [0.25, 0.3) is 0 Å². The van der Waals surface area contributed by atoms with Crippen LogP contribution in [0.4, 0.5) is 5.69 Å². The molecular formula is C43H51ClN8O5S. The van der Waals surface area contributed by atoms with Crippen LogP contribution in [-0.4, -0.2) is 62.6 Å². The SMILES string of the molecule is Cc1sc2c(c1C)C(c1ccc(Cl)cc1)=N[C@@H](CC(=O)NCCCCCCCCCCC(=O)Nc1ccc(CC(=O)NC3CCC(=O)NC3=O)cc1)c1nnc(C)n1-2. The van der Waals surface area contributed by atoms with E-state index in [-0.39, 0.29) is 42.9 Å². The first-order chi connectivity index (χ1) is 28.0. The molecule has 13 nitrogen and oxygen atoms in total. The van der Waals surface area contributed by atoms with Gasteiger partial charge in [-0.2, -0.15) is 0 Å². The molecule has 5 amide bonds. The van der Waals surface area contributed by atoms with Gasteiger partial charge < -0.3 is 16.0 Å². The summed E-state index contributed by atoms with van der Waals surface area (Å²) in [7, 11) is 0. The van der Waals surface area contributed by atoms with Crippen molar-refractivity contribution < 1.29 is 24.0 Å². The topological polar surface area (TPSA) is 177 Å². The Morgan fingerprint density at radius 2 is 1.55 bits per heavy atom. The number of halogens is 1. The number of carbonyl (C=O) groups excluding carboxylic acids is 5. The first-order valence-electron chi connectivity index (χ1n) is 20.1. The Kier molecular flexibility index (Phi) is 14.6. The Hall–Kier alpha value is -5.21. The number of aryl methyl sites for hydroxylation is 2. The molecule has 4 aromatic rings. The predicted molar refractivity (Wildman–Crippen MR) is 226 cm³/mol. The van der Waals surface area contributed by atoms with Gasteiger partial charge in [-0.05, 0) is 75.4 Å². The van der Waals surface area contributed by atoms with Crippen LogP contribution in [0.15, 0.2) is 53.5 Å². The number of fused-ring (bicyclic) bond motifs is 3. The number of carbonyl (C=O) groups is 5. The molecule has 0 spiro atoms. The van der Waals surface area contributed by atoms with E-state index < -0.39 is 18.0 Å². The Balaban J connectivity index is 0.846. The fourth-order valence-electron chi connectivity index (χ4n) is 7.27. The van der Waals surface area contributed by atoms with Crippen molar-refractivity contribution in [1.82, 2.24) is 30.7 Å². The number of rotatable bonds is 18. The number of hydrogen-bond donors (Lipinski definition) is 4. The first-order valence-corrected chi connectivity index (χ1v) is 21.3. The summed E-state index contributed by atoms with van der Waals surface area (Å²) in [6.07, 6.45) is 9.29. The minimum atomic E-state index is -0.701. The van der Waals surface area contributed by atoms with Crippen LogP contribution in [0.25, 0.3) is 5.00 Å². The highest BCUT2D eigenvalue weighted by Gasteiger charge is 2.32. The Morgan fingerprint density at radius 1 is 0.862 bits per heavy atom.